The number of nitrogens with one attached hydrogen (secondary N) is 1. The Hall–Kier alpha value is -2.64. The van der Waals surface area contributed by atoms with Crippen molar-refractivity contribution in [3.8, 4) is 0 Å². The Morgan fingerprint density at radius 1 is 1.26 bits per heavy atom. The van der Waals surface area contributed by atoms with E-state index in [0.717, 1.165) is 5.69 Å². The van der Waals surface area contributed by atoms with Gasteiger partial charge in [-0.25, -0.2) is 9.37 Å². The van der Waals surface area contributed by atoms with Crippen LogP contribution in [0.25, 0.3) is 5.52 Å². The smallest absolute Gasteiger partial charge is 0.272 e. The summed E-state index contributed by atoms with van der Waals surface area (Å²) in [7, 11) is 0. The number of hydrogen-bond donors (Lipinski definition) is 1. The lowest BCUT2D eigenvalue weighted by Crippen LogP contribution is -2.41. The molecule has 1 aliphatic rings. The molecule has 2 aromatic heterocycles. The number of halogens is 2. The van der Waals surface area contributed by atoms with Gasteiger partial charge in [-0.05, 0) is 37.3 Å². The Bertz CT molecular complexity index is 1010. The molecule has 1 aromatic carbocycles. The predicted octanol–water partition coefficient (Wildman–Crippen LogP) is 3.65. The third-order valence-electron chi connectivity index (χ3n) is 4.58. The first-order valence-electron chi connectivity index (χ1n) is 8.61. The number of hydrogen-bond acceptors (Lipinski definition) is 4. The highest BCUT2D eigenvalue weighted by Crippen LogP contribution is 2.26. The number of rotatable bonds is 3. The van der Waals surface area contributed by atoms with Gasteiger partial charge in [0.05, 0.1) is 30.6 Å². The van der Waals surface area contributed by atoms with Gasteiger partial charge in [0, 0.05) is 23.8 Å². The van der Waals surface area contributed by atoms with Gasteiger partial charge in [-0.1, -0.05) is 11.6 Å². The molecule has 0 aliphatic carbocycles. The Balaban J connectivity index is 1.73. The van der Waals surface area contributed by atoms with Crippen molar-refractivity contribution in [3.05, 3.63) is 58.8 Å². The molecule has 3 aromatic rings. The fourth-order valence-electron chi connectivity index (χ4n) is 3.19. The fourth-order valence-corrected chi connectivity index (χ4v) is 3.35. The van der Waals surface area contributed by atoms with Crippen LogP contribution in [-0.4, -0.2) is 46.5 Å². The molecule has 27 heavy (non-hydrogen) atoms. The zero-order chi connectivity index (χ0) is 19.0. The average Bonchev–Trinajstić information content (AvgIpc) is 3.07. The second-order valence-corrected chi connectivity index (χ2v) is 6.78. The van der Waals surface area contributed by atoms with Gasteiger partial charge in [0.1, 0.15) is 11.5 Å². The molecule has 8 heteroatoms. The first kappa shape index (κ1) is 17.8. The molecule has 0 spiro atoms. The molecule has 1 saturated heterocycles. The van der Waals surface area contributed by atoms with Crippen LogP contribution >= 0.6 is 11.6 Å². The van der Waals surface area contributed by atoms with Gasteiger partial charge in [-0.3, -0.25) is 4.79 Å². The zero-order valence-electron chi connectivity index (χ0n) is 14.7. The van der Waals surface area contributed by atoms with E-state index >= 15 is 0 Å². The van der Waals surface area contributed by atoms with Gasteiger partial charge < -0.3 is 19.4 Å². The number of fused-ring (bicyclic) bond motifs is 1. The van der Waals surface area contributed by atoms with Crippen LogP contribution in [0.3, 0.4) is 0 Å². The van der Waals surface area contributed by atoms with Crippen molar-refractivity contribution in [1.29, 1.82) is 0 Å². The Kier molecular flexibility index (Phi) is 4.72. The van der Waals surface area contributed by atoms with Gasteiger partial charge in [0.15, 0.2) is 5.82 Å². The molecule has 4 rings (SSSR count). The number of amides is 1. The minimum absolute atomic E-state index is 0.0978. The number of aromatic nitrogens is 2. The summed E-state index contributed by atoms with van der Waals surface area (Å²) in [6.07, 6.45) is 1.52. The first-order valence-corrected chi connectivity index (χ1v) is 8.98. The van der Waals surface area contributed by atoms with Crippen molar-refractivity contribution in [1.82, 2.24) is 14.3 Å². The van der Waals surface area contributed by atoms with Gasteiger partial charge in [-0.15, -0.1) is 0 Å². The third kappa shape index (κ3) is 3.36. The number of nitrogens with zero attached hydrogens (tertiary/aromatic N) is 3. The molecule has 1 aliphatic heterocycles. The molecule has 0 atom stereocenters. The maximum absolute atomic E-state index is 14.1. The molecule has 6 nitrogen and oxygen atoms in total. The minimum Gasteiger partial charge on any atom is -0.378 e. The molecule has 0 saturated carbocycles. The number of morpholine rings is 1. The van der Waals surface area contributed by atoms with E-state index in [4.69, 9.17) is 16.3 Å². The molecule has 1 amide bonds. The maximum Gasteiger partial charge on any atom is 0.272 e. The van der Waals surface area contributed by atoms with E-state index < -0.39 is 5.82 Å². The van der Waals surface area contributed by atoms with E-state index in [1.807, 2.05) is 23.5 Å². The van der Waals surface area contributed by atoms with Gasteiger partial charge in [-0.2, -0.15) is 0 Å². The largest absolute Gasteiger partial charge is 0.378 e. The summed E-state index contributed by atoms with van der Waals surface area (Å²) < 4.78 is 21.3. The molecule has 140 valence electrons. The molecular formula is C19H18ClFN4O2. The van der Waals surface area contributed by atoms with Crippen LogP contribution in [-0.2, 0) is 4.74 Å². The Morgan fingerprint density at radius 2 is 2.04 bits per heavy atom. The normalized spacial score (nSPS) is 14.6. The summed E-state index contributed by atoms with van der Waals surface area (Å²) in [5.41, 5.74) is 2.32. The van der Waals surface area contributed by atoms with Gasteiger partial charge in [0.2, 0.25) is 0 Å². The molecule has 0 bridgehead atoms. The highest BCUT2D eigenvalue weighted by atomic mass is 35.5. The number of aryl methyl sites for hydroxylation is 1. The summed E-state index contributed by atoms with van der Waals surface area (Å²) in [5, 5.41) is 3.31. The predicted molar refractivity (Wildman–Crippen MR) is 101 cm³/mol. The lowest BCUT2D eigenvalue weighted by atomic mass is 10.3. The number of benzene rings is 1. The minimum atomic E-state index is -0.473. The summed E-state index contributed by atoms with van der Waals surface area (Å²) in [6, 6.07) is 8.15. The molecule has 1 N–H and O–H groups in total. The Labute approximate surface area is 160 Å². The molecule has 3 heterocycles. The van der Waals surface area contributed by atoms with Crippen molar-refractivity contribution < 1.29 is 13.9 Å². The summed E-state index contributed by atoms with van der Waals surface area (Å²) in [5.74, 6) is -0.110. The van der Waals surface area contributed by atoms with Crippen LogP contribution in [0.2, 0.25) is 5.02 Å². The van der Waals surface area contributed by atoms with E-state index in [0.29, 0.717) is 48.4 Å². The summed E-state index contributed by atoms with van der Waals surface area (Å²) in [6.45, 7) is 4.08. The molecule has 1 fully saturated rings. The average molecular weight is 389 g/mol. The lowest BCUT2D eigenvalue weighted by Gasteiger charge is -2.27. The molecular weight excluding hydrogens is 371 g/mol. The fraction of sp³-hybridized carbons (Fsp3) is 0.263. The number of ether oxygens (including phenoxy) is 1. The quantitative estimate of drug-likeness (QED) is 0.744. The number of anilines is 2. The van der Waals surface area contributed by atoms with Crippen LogP contribution in [0, 0.1) is 12.7 Å². The highest BCUT2D eigenvalue weighted by Gasteiger charge is 2.23. The standard InChI is InChI=1S/C19H18ClFN4O2/c1-12-2-5-16-18(23-15-4-3-13(20)10-14(15)21)22-11-17(25(12)16)19(26)24-6-8-27-9-7-24/h2-5,10-11H,6-9H2,1H3,(H,22,23). The topological polar surface area (TPSA) is 58.9 Å². The van der Waals surface area contributed by atoms with Crippen LogP contribution in [0.15, 0.2) is 36.5 Å². The lowest BCUT2D eigenvalue weighted by molar-refractivity contribution is 0.0297. The second-order valence-electron chi connectivity index (χ2n) is 6.34. The van der Waals surface area contributed by atoms with Crippen molar-refractivity contribution in [3.63, 3.8) is 0 Å². The van der Waals surface area contributed by atoms with Crippen molar-refractivity contribution in [2.24, 2.45) is 0 Å². The van der Waals surface area contributed by atoms with Crippen LogP contribution in [0.4, 0.5) is 15.9 Å². The van der Waals surface area contributed by atoms with E-state index in [1.165, 1.54) is 12.3 Å². The monoisotopic (exact) mass is 388 g/mol. The summed E-state index contributed by atoms with van der Waals surface area (Å²) in [4.78, 5) is 19.1. The highest BCUT2D eigenvalue weighted by molar-refractivity contribution is 6.30. The van der Waals surface area contributed by atoms with E-state index in [1.54, 1.807) is 17.0 Å². The van der Waals surface area contributed by atoms with E-state index in [2.05, 4.69) is 10.3 Å². The van der Waals surface area contributed by atoms with Crippen LogP contribution in [0.5, 0.6) is 0 Å². The van der Waals surface area contributed by atoms with Gasteiger partial charge in [0.25, 0.3) is 5.91 Å². The van der Waals surface area contributed by atoms with Crippen molar-refractivity contribution >= 4 is 34.5 Å². The summed E-state index contributed by atoms with van der Waals surface area (Å²) >= 11 is 5.81. The van der Waals surface area contributed by atoms with Crippen molar-refractivity contribution in [2.45, 2.75) is 6.92 Å². The Morgan fingerprint density at radius 3 is 2.78 bits per heavy atom. The number of carbonyl (C=O) groups is 1. The van der Waals surface area contributed by atoms with Crippen molar-refractivity contribution in [2.75, 3.05) is 31.6 Å². The van der Waals surface area contributed by atoms with E-state index in [-0.39, 0.29) is 11.6 Å². The molecule has 0 unspecified atom stereocenters. The van der Waals surface area contributed by atoms with E-state index in [9.17, 15) is 9.18 Å². The van der Waals surface area contributed by atoms with Crippen LogP contribution in [0.1, 0.15) is 16.2 Å². The maximum atomic E-state index is 14.1. The SMILES string of the molecule is Cc1ccc2c(Nc3ccc(Cl)cc3F)ncc(C(=O)N3CCOCC3)n12. The molecule has 0 radical (unpaired) electrons. The third-order valence-corrected chi connectivity index (χ3v) is 4.81. The second kappa shape index (κ2) is 7.17. The van der Waals surface area contributed by atoms with Crippen LogP contribution < -0.4 is 5.32 Å². The zero-order valence-corrected chi connectivity index (χ0v) is 15.5. The number of carbonyl (C=O) groups excluding carboxylic acids is 1. The first-order chi connectivity index (χ1) is 13.0. The van der Waals surface area contributed by atoms with Gasteiger partial charge >= 0.3 is 0 Å².